The average Bonchev–Trinajstić information content (AvgIpc) is 3.31. The number of hydrogen-bond acceptors (Lipinski definition) is 5. The molecular weight excluding hydrogens is 376 g/mol. The number of halogens is 1. The molecule has 0 spiro atoms. The van der Waals surface area contributed by atoms with E-state index in [-0.39, 0.29) is 24.2 Å². The number of nitrogens with zero attached hydrogens (tertiary/aromatic N) is 3. The van der Waals surface area contributed by atoms with Crippen molar-refractivity contribution in [3.63, 3.8) is 0 Å². The van der Waals surface area contributed by atoms with Crippen LogP contribution < -0.4 is 5.73 Å². The van der Waals surface area contributed by atoms with Gasteiger partial charge in [0, 0.05) is 31.6 Å². The molecule has 2 N–H and O–H groups in total. The van der Waals surface area contributed by atoms with Crippen molar-refractivity contribution in [2.24, 2.45) is 5.73 Å². The molecule has 28 heavy (non-hydrogen) atoms. The van der Waals surface area contributed by atoms with Gasteiger partial charge in [0.2, 0.25) is 17.6 Å². The summed E-state index contributed by atoms with van der Waals surface area (Å²) in [6, 6.07) is 16.0. The summed E-state index contributed by atoms with van der Waals surface area (Å²) in [4.78, 5) is 18.8. The predicted octanol–water partition coefficient (Wildman–Crippen LogP) is 3.44. The Morgan fingerprint density at radius 3 is 2.46 bits per heavy atom. The van der Waals surface area contributed by atoms with E-state index >= 15 is 0 Å². The van der Waals surface area contributed by atoms with E-state index in [9.17, 15) is 4.79 Å². The van der Waals surface area contributed by atoms with Gasteiger partial charge in [0.15, 0.2) is 0 Å². The molecule has 0 aliphatic carbocycles. The zero-order chi connectivity index (χ0) is 18.8. The minimum absolute atomic E-state index is 0. The maximum absolute atomic E-state index is 12.4. The van der Waals surface area contributed by atoms with E-state index < -0.39 is 0 Å². The van der Waals surface area contributed by atoms with Crippen LogP contribution >= 0.6 is 12.4 Å². The molecule has 1 amide bonds. The Kier molecular flexibility index (Phi) is 6.11. The standard InChI is InChI=1S/C21H22N4O2.ClH/c1-14-2-4-16(5-3-14)12-25-13-18(10-19(25)26)21-23-20(24-27-21)17-8-6-15(11-22)7-9-17;/h2-9,18H,10-13,22H2,1H3;1H. The van der Waals surface area contributed by atoms with Crippen molar-refractivity contribution in [2.45, 2.75) is 32.4 Å². The Hall–Kier alpha value is -2.70. The predicted molar refractivity (Wildman–Crippen MR) is 109 cm³/mol. The molecule has 6 nitrogen and oxygen atoms in total. The first-order valence-electron chi connectivity index (χ1n) is 9.08. The third-order valence-corrected chi connectivity index (χ3v) is 4.95. The Labute approximate surface area is 170 Å². The maximum Gasteiger partial charge on any atom is 0.232 e. The number of rotatable bonds is 5. The van der Waals surface area contributed by atoms with Gasteiger partial charge in [-0.1, -0.05) is 59.3 Å². The number of aryl methyl sites for hydroxylation is 1. The van der Waals surface area contributed by atoms with Crippen molar-refractivity contribution in [1.82, 2.24) is 15.0 Å². The van der Waals surface area contributed by atoms with Gasteiger partial charge >= 0.3 is 0 Å². The molecule has 1 aliphatic heterocycles. The average molecular weight is 399 g/mol. The van der Waals surface area contributed by atoms with Crippen molar-refractivity contribution in [2.75, 3.05) is 6.54 Å². The van der Waals surface area contributed by atoms with E-state index in [1.807, 2.05) is 29.2 Å². The van der Waals surface area contributed by atoms with Gasteiger partial charge in [-0.2, -0.15) is 4.98 Å². The van der Waals surface area contributed by atoms with Crippen LogP contribution in [0.15, 0.2) is 53.1 Å². The van der Waals surface area contributed by atoms with E-state index in [1.54, 1.807) is 0 Å². The maximum atomic E-state index is 12.4. The lowest BCUT2D eigenvalue weighted by atomic mass is 10.1. The van der Waals surface area contributed by atoms with E-state index in [0.29, 0.717) is 37.8 Å². The van der Waals surface area contributed by atoms with Crippen LogP contribution in [0, 0.1) is 6.92 Å². The van der Waals surface area contributed by atoms with Gasteiger partial charge in [-0.25, -0.2) is 0 Å². The highest BCUT2D eigenvalue weighted by Crippen LogP contribution is 2.29. The number of benzene rings is 2. The van der Waals surface area contributed by atoms with Crippen molar-refractivity contribution >= 4 is 18.3 Å². The highest BCUT2D eigenvalue weighted by molar-refractivity contribution is 5.85. The second kappa shape index (κ2) is 8.54. The monoisotopic (exact) mass is 398 g/mol. The number of likely N-dealkylation sites (tertiary alicyclic amines) is 1. The largest absolute Gasteiger partial charge is 0.339 e. The molecule has 0 radical (unpaired) electrons. The molecule has 0 saturated carbocycles. The third-order valence-electron chi connectivity index (χ3n) is 4.95. The Balaban J connectivity index is 0.00000225. The second-order valence-corrected chi connectivity index (χ2v) is 7.02. The van der Waals surface area contributed by atoms with Crippen molar-refractivity contribution < 1.29 is 9.32 Å². The number of carbonyl (C=O) groups excluding carboxylic acids is 1. The number of hydrogen-bond donors (Lipinski definition) is 1. The van der Waals surface area contributed by atoms with E-state index in [2.05, 4.69) is 41.3 Å². The number of amides is 1. The van der Waals surface area contributed by atoms with Crippen LogP contribution in [0.25, 0.3) is 11.4 Å². The fourth-order valence-electron chi connectivity index (χ4n) is 3.31. The zero-order valence-corrected chi connectivity index (χ0v) is 16.5. The molecule has 146 valence electrons. The van der Waals surface area contributed by atoms with Crippen LogP contribution in [-0.2, 0) is 17.9 Å². The minimum Gasteiger partial charge on any atom is -0.339 e. The summed E-state index contributed by atoms with van der Waals surface area (Å²) in [5.74, 6) is 1.12. The van der Waals surface area contributed by atoms with Crippen LogP contribution in [0.5, 0.6) is 0 Å². The van der Waals surface area contributed by atoms with Gasteiger partial charge in [-0.15, -0.1) is 12.4 Å². The molecule has 1 saturated heterocycles. The van der Waals surface area contributed by atoms with Crippen molar-refractivity contribution in [3.8, 4) is 11.4 Å². The molecule has 1 aromatic heterocycles. The number of carbonyl (C=O) groups is 1. The fourth-order valence-corrected chi connectivity index (χ4v) is 3.31. The molecular formula is C21H23ClN4O2. The molecule has 4 rings (SSSR count). The first kappa shape index (κ1) is 20.0. The summed E-state index contributed by atoms with van der Waals surface area (Å²) < 4.78 is 5.46. The summed E-state index contributed by atoms with van der Waals surface area (Å²) >= 11 is 0. The highest BCUT2D eigenvalue weighted by Gasteiger charge is 2.34. The first-order chi connectivity index (χ1) is 13.1. The smallest absolute Gasteiger partial charge is 0.232 e. The highest BCUT2D eigenvalue weighted by atomic mass is 35.5. The topological polar surface area (TPSA) is 85.2 Å². The molecule has 1 aliphatic rings. The zero-order valence-electron chi connectivity index (χ0n) is 15.7. The summed E-state index contributed by atoms with van der Waals surface area (Å²) in [6.45, 7) is 3.76. The Morgan fingerprint density at radius 1 is 1.11 bits per heavy atom. The molecule has 0 bridgehead atoms. The van der Waals surface area contributed by atoms with Gasteiger partial charge in [-0.05, 0) is 18.1 Å². The van der Waals surface area contributed by atoms with Crippen LogP contribution in [0.2, 0.25) is 0 Å². The molecule has 1 unspecified atom stereocenters. The van der Waals surface area contributed by atoms with E-state index in [0.717, 1.165) is 16.7 Å². The first-order valence-corrected chi connectivity index (χ1v) is 9.08. The minimum atomic E-state index is -0.0625. The van der Waals surface area contributed by atoms with Crippen LogP contribution in [0.1, 0.15) is 34.9 Å². The molecule has 2 heterocycles. The molecule has 2 aromatic carbocycles. The SMILES string of the molecule is Cc1ccc(CN2CC(c3nc(-c4ccc(CN)cc4)no3)CC2=O)cc1.Cl. The van der Waals surface area contributed by atoms with Gasteiger partial charge in [0.1, 0.15) is 0 Å². The van der Waals surface area contributed by atoms with Crippen molar-refractivity contribution in [1.29, 1.82) is 0 Å². The van der Waals surface area contributed by atoms with Crippen LogP contribution in [-0.4, -0.2) is 27.5 Å². The summed E-state index contributed by atoms with van der Waals surface area (Å²) in [7, 11) is 0. The van der Waals surface area contributed by atoms with Gasteiger partial charge < -0.3 is 15.2 Å². The van der Waals surface area contributed by atoms with Gasteiger partial charge in [0.25, 0.3) is 0 Å². The lowest BCUT2D eigenvalue weighted by molar-refractivity contribution is -0.128. The number of aromatic nitrogens is 2. The second-order valence-electron chi connectivity index (χ2n) is 7.02. The number of nitrogens with two attached hydrogens (primary N) is 1. The molecule has 1 fully saturated rings. The lowest BCUT2D eigenvalue weighted by Gasteiger charge is -2.16. The quantitative estimate of drug-likeness (QED) is 0.711. The third kappa shape index (κ3) is 4.24. The Bertz CT molecular complexity index is 938. The Morgan fingerprint density at radius 2 is 1.79 bits per heavy atom. The van der Waals surface area contributed by atoms with Gasteiger partial charge in [0.05, 0.1) is 5.92 Å². The van der Waals surface area contributed by atoms with Crippen molar-refractivity contribution in [3.05, 3.63) is 71.1 Å². The fraction of sp³-hybridized carbons (Fsp3) is 0.286. The van der Waals surface area contributed by atoms with Crippen LogP contribution in [0.4, 0.5) is 0 Å². The van der Waals surface area contributed by atoms with Gasteiger partial charge in [-0.3, -0.25) is 4.79 Å². The van der Waals surface area contributed by atoms with E-state index in [4.69, 9.17) is 10.3 Å². The van der Waals surface area contributed by atoms with Crippen LogP contribution in [0.3, 0.4) is 0 Å². The summed E-state index contributed by atoms with van der Waals surface area (Å²) in [6.07, 6.45) is 0.402. The normalized spacial score (nSPS) is 16.3. The lowest BCUT2D eigenvalue weighted by Crippen LogP contribution is -2.24. The van der Waals surface area contributed by atoms with E-state index in [1.165, 1.54) is 5.56 Å². The molecule has 3 aromatic rings. The molecule has 1 atom stereocenters. The molecule has 7 heteroatoms. The summed E-state index contributed by atoms with van der Waals surface area (Å²) in [5.41, 5.74) is 9.89. The summed E-state index contributed by atoms with van der Waals surface area (Å²) in [5, 5.41) is 4.08.